The topological polar surface area (TPSA) is 130 Å². The summed E-state index contributed by atoms with van der Waals surface area (Å²) >= 11 is 3.22. The highest BCUT2D eigenvalue weighted by Crippen LogP contribution is 2.21. The maximum Gasteiger partial charge on any atom is 0.259 e. The summed E-state index contributed by atoms with van der Waals surface area (Å²) in [5, 5.41) is 16.3. The van der Waals surface area contributed by atoms with Crippen LogP contribution in [-0.2, 0) is 0 Å². The van der Waals surface area contributed by atoms with Crippen LogP contribution < -0.4 is 16.4 Å². The van der Waals surface area contributed by atoms with Gasteiger partial charge in [0, 0.05) is 16.2 Å². The van der Waals surface area contributed by atoms with E-state index in [9.17, 15) is 18.4 Å². The SMILES string of the molecule is NC(=NO)c1ccc(C(=O)Nc2ccc(F)cc2C(=O)Nc2ccc(Br)cn2)c(F)c1. The fraction of sp³-hybridized carbons (Fsp3) is 0. The Labute approximate surface area is 182 Å². The van der Waals surface area contributed by atoms with Gasteiger partial charge in [0.15, 0.2) is 5.84 Å². The van der Waals surface area contributed by atoms with Crippen LogP contribution in [0.5, 0.6) is 0 Å². The van der Waals surface area contributed by atoms with Crippen molar-refractivity contribution in [2.24, 2.45) is 10.9 Å². The van der Waals surface area contributed by atoms with Crippen LogP contribution >= 0.6 is 15.9 Å². The Morgan fingerprint density at radius 3 is 2.39 bits per heavy atom. The summed E-state index contributed by atoms with van der Waals surface area (Å²) in [5.41, 5.74) is 4.88. The van der Waals surface area contributed by atoms with Gasteiger partial charge in [0.05, 0.1) is 16.8 Å². The van der Waals surface area contributed by atoms with Crippen LogP contribution in [0.4, 0.5) is 20.3 Å². The Balaban J connectivity index is 1.86. The molecule has 11 heteroatoms. The smallest absolute Gasteiger partial charge is 0.259 e. The van der Waals surface area contributed by atoms with Crippen LogP contribution in [0.2, 0.25) is 0 Å². The molecule has 0 saturated carbocycles. The monoisotopic (exact) mass is 489 g/mol. The molecule has 2 amide bonds. The third-order valence-electron chi connectivity index (χ3n) is 4.06. The number of carbonyl (C=O) groups is 2. The lowest BCUT2D eigenvalue weighted by Gasteiger charge is -2.12. The first-order valence-corrected chi connectivity index (χ1v) is 9.39. The molecule has 0 aliphatic heterocycles. The minimum absolute atomic E-state index is 0.0408. The Kier molecular flexibility index (Phi) is 6.55. The largest absolute Gasteiger partial charge is 0.409 e. The molecule has 1 aromatic heterocycles. The molecule has 0 aliphatic carbocycles. The van der Waals surface area contributed by atoms with Gasteiger partial charge in [-0.15, -0.1) is 0 Å². The number of nitrogens with two attached hydrogens (primary N) is 1. The summed E-state index contributed by atoms with van der Waals surface area (Å²) in [6.07, 6.45) is 1.46. The van der Waals surface area contributed by atoms with Crippen molar-refractivity contribution in [1.29, 1.82) is 0 Å². The second-order valence-electron chi connectivity index (χ2n) is 6.14. The number of pyridine rings is 1. The number of carbonyl (C=O) groups excluding carboxylic acids is 2. The molecule has 0 bridgehead atoms. The predicted molar refractivity (Wildman–Crippen MR) is 113 cm³/mol. The third-order valence-corrected chi connectivity index (χ3v) is 4.53. The molecule has 3 aromatic rings. The minimum atomic E-state index is -0.936. The molecule has 1 heterocycles. The third kappa shape index (κ3) is 5.20. The number of aromatic nitrogens is 1. The van der Waals surface area contributed by atoms with Crippen LogP contribution in [0.15, 0.2) is 64.4 Å². The van der Waals surface area contributed by atoms with E-state index in [-0.39, 0.29) is 34.0 Å². The second-order valence-corrected chi connectivity index (χ2v) is 7.06. The number of halogens is 3. The number of benzene rings is 2. The molecule has 0 saturated heterocycles. The molecule has 3 rings (SSSR count). The first kappa shape index (κ1) is 21.8. The van der Waals surface area contributed by atoms with E-state index < -0.39 is 23.4 Å². The number of anilines is 2. The zero-order valence-corrected chi connectivity index (χ0v) is 17.2. The van der Waals surface area contributed by atoms with Crippen LogP contribution in [0.25, 0.3) is 0 Å². The van der Waals surface area contributed by atoms with Crippen molar-refractivity contribution in [2.45, 2.75) is 0 Å². The molecule has 0 unspecified atom stereocenters. The fourth-order valence-electron chi connectivity index (χ4n) is 2.55. The van der Waals surface area contributed by atoms with Gasteiger partial charge in [0.1, 0.15) is 17.5 Å². The summed E-state index contributed by atoms with van der Waals surface area (Å²) < 4.78 is 28.8. The van der Waals surface area contributed by atoms with Crippen molar-refractivity contribution in [2.75, 3.05) is 10.6 Å². The number of amides is 2. The van der Waals surface area contributed by atoms with E-state index in [0.29, 0.717) is 4.47 Å². The lowest BCUT2D eigenvalue weighted by molar-refractivity contribution is 0.102. The Morgan fingerprint density at radius 2 is 1.74 bits per heavy atom. The van der Waals surface area contributed by atoms with Gasteiger partial charge < -0.3 is 21.6 Å². The molecule has 5 N–H and O–H groups in total. The normalized spacial score (nSPS) is 11.1. The predicted octanol–water partition coefficient (Wildman–Crippen LogP) is 3.72. The minimum Gasteiger partial charge on any atom is -0.409 e. The number of nitrogens with zero attached hydrogens (tertiary/aromatic N) is 2. The van der Waals surface area contributed by atoms with Crippen molar-refractivity contribution in [3.8, 4) is 0 Å². The molecular formula is C20H14BrF2N5O3. The molecule has 8 nitrogen and oxygen atoms in total. The molecule has 0 spiro atoms. The van der Waals surface area contributed by atoms with Gasteiger partial charge in [-0.2, -0.15) is 0 Å². The van der Waals surface area contributed by atoms with Crippen molar-refractivity contribution < 1.29 is 23.6 Å². The van der Waals surface area contributed by atoms with E-state index in [1.807, 2.05) is 0 Å². The maximum absolute atomic E-state index is 14.3. The lowest BCUT2D eigenvalue weighted by Crippen LogP contribution is -2.20. The number of hydrogen-bond acceptors (Lipinski definition) is 5. The summed E-state index contributed by atoms with van der Waals surface area (Å²) in [4.78, 5) is 29.1. The van der Waals surface area contributed by atoms with Crippen LogP contribution in [0, 0.1) is 11.6 Å². The van der Waals surface area contributed by atoms with Crippen molar-refractivity contribution in [1.82, 2.24) is 4.98 Å². The molecule has 0 aliphatic rings. The highest BCUT2D eigenvalue weighted by atomic mass is 79.9. The first-order valence-electron chi connectivity index (χ1n) is 8.59. The van der Waals surface area contributed by atoms with Gasteiger partial charge in [-0.3, -0.25) is 9.59 Å². The Bertz CT molecular complexity index is 1190. The van der Waals surface area contributed by atoms with Crippen molar-refractivity contribution in [3.05, 3.63) is 87.5 Å². The summed E-state index contributed by atoms with van der Waals surface area (Å²) in [6, 6.07) is 9.66. The van der Waals surface area contributed by atoms with E-state index in [0.717, 1.165) is 24.3 Å². The van der Waals surface area contributed by atoms with Crippen molar-refractivity contribution in [3.63, 3.8) is 0 Å². The number of amidine groups is 1. The Hall–Kier alpha value is -3.86. The average Bonchev–Trinajstić information content (AvgIpc) is 2.75. The number of nitrogens with one attached hydrogen (secondary N) is 2. The van der Waals surface area contributed by atoms with Gasteiger partial charge in [-0.25, -0.2) is 13.8 Å². The van der Waals surface area contributed by atoms with Crippen LogP contribution in [0.1, 0.15) is 26.3 Å². The lowest BCUT2D eigenvalue weighted by atomic mass is 10.1. The van der Waals surface area contributed by atoms with E-state index in [2.05, 4.69) is 36.7 Å². The molecule has 158 valence electrons. The van der Waals surface area contributed by atoms with E-state index in [1.54, 1.807) is 6.07 Å². The number of oxime groups is 1. The van der Waals surface area contributed by atoms with Gasteiger partial charge >= 0.3 is 0 Å². The summed E-state index contributed by atoms with van der Waals surface area (Å²) in [6.45, 7) is 0. The summed E-state index contributed by atoms with van der Waals surface area (Å²) in [5.74, 6) is -3.38. The van der Waals surface area contributed by atoms with Crippen LogP contribution in [0.3, 0.4) is 0 Å². The van der Waals surface area contributed by atoms with E-state index in [1.165, 1.54) is 24.4 Å². The number of hydrogen-bond donors (Lipinski definition) is 4. The Morgan fingerprint density at radius 1 is 1.00 bits per heavy atom. The molecule has 0 radical (unpaired) electrons. The van der Waals surface area contributed by atoms with Gasteiger partial charge in [-0.1, -0.05) is 11.2 Å². The molecular weight excluding hydrogens is 476 g/mol. The van der Waals surface area contributed by atoms with E-state index in [4.69, 9.17) is 10.9 Å². The summed E-state index contributed by atoms with van der Waals surface area (Å²) in [7, 11) is 0. The van der Waals surface area contributed by atoms with Gasteiger partial charge in [0.25, 0.3) is 11.8 Å². The standard InChI is InChI=1S/C20H14BrF2N5O3/c21-11-2-6-17(25-9-11)27-20(30)14-8-12(22)3-5-16(14)26-19(29)13-4-1-10(7-15(13)23)18(24)28-31/h1-9,31H,(H2,24,28)(H,26,29)(H,25,27,30). The first-order chi connectivity index (χ1) is 14.8. The van der Waals surface area contributed by atoms with Crippen molar-refractivity contribution >= 4 is 45.1 Å². The van der Waals surface area contributed by atoms with E-state index >= 15 is 0 Å². The molecule has 0 atom stereocenters. The molecule has 31 heavy (non-hydrogen) atoms. The zero-order chi connectivity index (χ0) is 22.5. The van der Waals surface area contributed by atoms with Gasteiger partial charge in [0.2, 0.25) is 0 Å². The second kappa shape index (κ2) is 9.30. The highest BCUT2D eigenvalue weighted by Gasteiger charge is 2.19. The quantitative estimate of drug-likeness (QED) is 0.188. The number of rotatable bonds is 5. The highest BCUT2D eigenvalue weighted by molar-refractivity contribution is 9.10. The fourth-order valence-corrected chi connectivity index (χ4v) is 2.79. The maximum atomic E-state index is 14.3. The van der Waals surface area contributed by atoms with Crippen LogP contribution in [-0.4, -0.2) is 27.8 Å². The molecule has 2 aromatic carbocycles. The average molecular weight is 490 g/mol. The molecule has 0 fully saturated rings. The zero-order valence-electron chi connectivity index (χ0n) is 15.6. The van der Waals surface area contributed by atoms with Gasteiger partial charge in [-0.05, 0) is 58.4 Å².